The quantitative estimate of drug-likeness (QED) is 0.491. The lowest BCUT2D eigenvalue weighted by Gasteiger charge is -2.17. The number of pyridine rings is 1. The first-order valence-electron chi connectivity index (χ1n) is 3.64. The van der Waals surface area contributed by atoms with Crippen molar-refractivity contribution in [3.05, 3.63) is 30.6 Å². The number of carbonyl (C=O) groups excluding carboxylic acids is 1. The van der Waals surface area contributed by atoms with Crippen LogP contribution in [0.1, 0.15) is 6.92 Å². The van der Waals surface area contributed by atoms with Crippen LogP contribution < -0.4 is 28.7 Å². The van der Waals surface area contributed by atoms with Crippen LogP contribution in [0.5, 0.6) is 0 Å². The van der Waals surface area contributed by atoms with Gasteiger partial charge in [-0.25, -0.2) is 18.6 Å². The topological polar surface area (TPSA) is 125 Å². The number of rotatable bonds is 1. The molecule has 1 aromatic rings. The largest absolute Gasteiger partial charge is 0.271 e. The highest BCUT2D eigenvalue weighted by atomic mass is 35.7. The maximum Gasteiger partial charge on any atom is 0.271 e. The summed E-state index contributed by atoms with van der Waals surface area (Å²) in [6.07, 6.45) is 3.53. The molecule has 7 nitrogen and oxygen atoms in total. The van der Waals surface area contributed by atoms with Crippen LogP contribution >= 0.6 is 0 Å². The predicted molar refractivity (Wildman–Crippen MR) is 36.7 cm³/mol. The second-order valence-electron chi connectivity index (χ2n) is 2.33. The summed E-state index contributed by atoms with van der Waals surface area (Å²) in [6, 6.07) is 5.57. The van der Waals surface area contributed by atoms with Crippen molar-refractivity contribution in [1.29, 1.82) is 0 Å². The number of nitrogens with zero attached hydrogens (tertiary/aromatic N) is 1. The Kier molecular flexibility index (Phi) is 5.75. The molecule has 1 rings (SSSR count). The van der Waals surface area contributed by atoms with Gasteiger partial charge < -0.3 is 0 Å². The molecule has 84 valence electrons. The van der Waals surface area contributed by atoms with Crippen molar-refractivity contribution in [1.82, 2.24) is 0 Å². The molecule has 0 bridgehead atoms. The number of aromatic nitrogens is 1. The van der Waals surface area contributed by atoms with E-state index in [0.717, 1.165) is 0 Å². The molecule has 0 unspecified atom stereocenters. The van der Waals surface area contributed by atoms with Crippen LogP contribution in [-0.2, 0) is 4.79 Å². The summed E-state index contributed by atoms with van der Waals surface area (Å²) in [4.78, 5) is 10.5. The zero-order valence-corrected chi connectivity index (χ0v) is 8.51. The van der Waals surface area contributed by atoms with Crippen LogP contribution in [0.2, 0.25) is 0 Å². The fraction of sp³-hybridized carbons (Fsp3) is 0.143. The molecule has 15 heavy (non-hydrogen) atoms. The van der Waals surface area contributed by atoms with Gasteiger partial charge in [0.1, 0.15) is 0 Å². The van der Waals surface area contributed by atoms with Crippen LogP contribution in [0.4, 0.5) is 0 Å². The minimum Gasteiger partial charge on any atom is -0.270 e. The molecule has 0 spiro atoms. The molecular weight excluding hydrogens is 228 g/mol. The fourth-order valence-electron chi connectivity index (χ4n) is 0.655. The molecule has 0 saturated heterocycles. The molecule has 0 atom stereocenters. The van der Waals surface area contributed by atoms with Crippen molar-refractivity contribution in [2.24, 2.45) is 0 Å². The Morgan fingerprint density at radius 2 is 1.53 bits per heavy atom. The van der Waals surface area contributed by atoms with Gasteiger partial charge in [0.25, 0.3) is 5.91 Å². The summed E-state index contributed by atoms with van der Waals surface area (Å²) in [5, 5.41) is 0. The second-order valence-corrected chi connectivity index (χ2v) is 3.08. The van der Waals surface area contributed by atoms with Gasteiger partial charge in [0.05, 0.1) is 0 Å². The Balaban J connectivity index is 0.000000336. The van der Waals surface area contributed by atoms with Crippen molar-refractivity contribution >= 4 is 5.91 Å². The number of nitrogens with one attached hydrogen (secondary N) is 1. The third-order valence-electron chi connectivity index (χ3n) is 1.00. The Labute approximate surface area is 87.9 Å². The molecule has 1 N–H and O–H groups in total. The van der Waals surface area contributed by atoms with Crippen molar-refractivity contribution in [3.8, 4) is 0 Å². The number of hydrogen-bond donors (Lipinski definition) is 1. The molecule has 0 fully saturated rings. The van der Waals surface area contributed by atoms with Crippen molar-refractivity contribution < 1.29 is 38.3 Å². The molecule has 1 aromatic heterocycles. The number of amides is 1. The molecule has 0 saturated carbocycles. The number of carbonyl (C=O) groups is 1. The van der Waals surface area contributed by atoms with Crippen molar-refractivity contribution in [3.63, 3.8) is 0 Å². The number of hydrogen-bond acceptors (Lipinski definition) is 5. The van der Waals surface area contributed by atoms with Gasteiger partial charge in [-0.05, 0) is 0 Å². The molecule has 0 aromatic carbocycles. The van der Waals surface area contributed by atoms with E-state index < -0.39 is 10.2 Å². The molecule has 0 aliphatic rings. The fourth-order valence-corrected chi connectivity index (χ4v) is 0.655. The van der Waals surface area contributed by atoms with E-state index in [9.17, 15) is 4.79 Å². The molecular formula is C7H9ClN2O5. The Morgan fingerprint density at radius 3 is 1.87 bits per heavy atom. The second kappa shape index (κ2) is 6.27. The van der Waals surface area contributed by atoms with E-state index in [-0.39, 0.29) is 5.91 Å². The van der Waals surface area contributed by atoms with Crippen LogP contribution in [0.15, 0.2) is 30.6 Å². The molecule has 0 aliphatic heterocycles. The Morgan fingerprint density at radius 1 is 1.13 bits per heavy atom. The van der Waals surface area contributed by atoms with E-state index in [0.29, 0.717) is 0 Å². The van der Waals surface area contributed by atoms with Crippen molar-refractivity contribution in [2.75, 3.05) is 5.43 Å². The normalized spacial score (nSPS) is 9.93. The highest BCUT2D eigenvalue weighted by molar-refractivity contribution is 5.79. The summed E-state index contributed by atoms with van der Waals surface area (Å²) in [6.45, 7) is 1.47. The lowest BCUT2D eigenvalue weighted by atomic mass is 10.5. The molecule has 0 aliphatic carbocycles. The zero-order valence-electron chi connectivity index (χ0n) is 7.75. The first kappa shape index (κ1) is 13.8. The van der Waals surface area contributed by atoms with Crippen LogP contribution in [0.25, 0.3) is 0 Å². The highest BCUT2D eigenvalue weighted by Crippen LogP contribution is 1.73. The molecule has 0 radical (unpaired) electrons. The summed E-state index contributed by atoms with van der Waals surface area (Å²) in [5.74, 6) is -0.0730. The van der Waals surface area contributed by atoms with Crippen molar-refractivity contribution in [2.45, 2.75) is 6.92 Å². The van der Waals surface area contributed by atoms with E-state index in [1.54, 1.807) is 17.1 Å². The van der Waals surface area contributed by atoms with E-state index in [2.05, 4.69) is 5.43 Å². The summed E-state index contributed by atoms with van der Waals surface area (Å²) in [7, 11) is -4.94. The summed E-state index contributed by atoms with van der Waals surface area (Å²) in [5.41, 5.74) is 2.58. The van der Waals surface area contributed by atoms with Crippen LogP contribution in [0.3, 0.4) is 0 Å². The smallest absolute Gasteiger partial charge is 0.270 e. The van der Waals surface area contributed by atoms with Gasteiger partial charge in [-0.2, -0.15) is 0 Å². The Hall–Kier alpha value is -1.25. The molecule has 1 heterocycles. The number of halogens is 1. The van der Waals surface area contributed by atoms with E-state index >= 15 is 0 Å². The van der Waals surface area contributed by atoms with E-state index in [1.165, 1.54) is 6.92 Å². The first-order chi connectivity index (χ1) is 6.79. The average molecular weight is 237 g/mol. The van der Waals surface area contributed by atoms with E-state index in [1.807, 2.05) is 18.2 Å². The lowest BCUT2D eigenvalue weighted by Crippen LogP contribution is -2.68. The predicted octanol–water partition coefficient (Wildman–Crippen LogP) is -4.69. The average Bonchev–Trinajstić information content (AvgIpc) is 2.01. The van der Waals surface area contributed by atoms with Gasteiger partial charge in [0.2, 0.25) is 0 Å². The lowest BCUT2D eigenvalue weighted by molar-refractivity contribution is -2.00. The minimum absolute atomic E-state index is 0.0730. The van der Waals surface area contributed by atoms with Gasteiger partial charge in [-0.15, -0.1) is 15.7 Å². The monoisotopic (exact) mass is 236 g/mol. The SMILES string of the molecule is CC(=O)N[n+]1ccccc1.[O-][Cl+3]([O-])([O-])[O-]. The summed E-state index contributed by atoms with van der Waals surface area (Å²) < 4.78 is 35.6. The van der Waals surface area contributed by atoms with E-state index in [4.69, 9.17) is 18.6 Å². The van der Waals surface area contributed by atoms with Gasteiger partial charge in [0, 0.05) is 19.1 Å². The maximum atomic E-state index is 10.5. The third kappa shape index (κ3) is 12.8. The van der Waals surface area contributed by atoms with Crippen LogP contribution in [-0.4, -0.2) is 5.91 Å². The Bertz CT molecular complexity index is 294. The summed E-state index contributed by atoms with van der Waals surface area (Å²) >= 11 is 0. The highest BCUT2D eigenvalue weighted by Gasteiger charge is 1.97. The standard InChI is InChI=1S/C7H8N2O.ClHO4/c1-7(10)8-9-5-3-2-4-6-9;2-1(3,4)5/h2-6H,1H3;(H,2,3,4,5). The van der Waals surface area contributed by atoms with Gasteiger partial charge in [-0.3, -0.25) is 4.79 Å². The minimum atomic E-state index is -4.94. The van der Waals surface area contributed by atoms with Gasteiger partial charge >= 0.3 is 0 Å². The van der Waals surface area contributed by atoms with Gasteiger partial charge in [-0.1, -0.05) is 10.7 Å². The first-order valence-corrected chi connectivity index (χ1v) is 4.88. The molecule has 8 heteroatoms. The molecule has 1 amide bonds. The van der Waals surface area contributed by atoms with Crippen LogP contribution in [0, 0.1) is 10.2 Å². The van der Waals surface area contributed by atoms with Gasteiger partial charge in [0.15, 0.2) is 12.4 Å². The zero-order chi connectivity index (χ0) is 11.9. The maximum absolute atomic E-state index is 10.5. The third-order valence-corrected chi connectivity index (χ3v) is 1.00.